The largest absolute Gasteiger partial charge is 0.256 e. The number of benzene rings is 1. The average Bonchev–Trinajstić information content (AvgIpc) is 2.15. The first kappa shape index (κ1) is 9.20. The van der Waals surface area contributed by atoms with Crippen molar-refractivity contribution in [1.29, 1.82) is 0 Å². The van der Waals surface area contributed by atoms with Gasteiger partial charge in [0.05, 0.1) is 5.52 Å². The quantitative estimate of drug-likeness (QED) is 0.612. The summed E-state index contributed by atoms with van der Waals surface area (Å²) in [6.07, 6.45) is 1.87. The van der Waals surface area contributed by atoms with E-state index in [4.69, 9.17) is 0 Å². The van der Waals surface area contributed by atoms with Gasteiger partial charge in [0.2, 0.25) is 0 Å². The highest BCUT2D eigenvalue weighted by Crippen LogP contribution is 2.28. The molecule has 0 amide bonds. The summed E-state index contributed by atoms with van der Waals surface area (Å²) in [5.74, 6) is 0. The van der Waals surface area contributed by atoms with Crippen molar-refractivity contribution in [3.63, 3.8) is 0 Å². The van der Waals surface area contributed by atoms with Crippen LogP contribution in [0, 0.1) is 6.07 Å². The van der Waals surface area contributed by atoms with Crippen LogP contribution in [0.4, 0.5) is 0 Å². The first-order valence-corrected chi connectivity index (χ1v) is 4.84. The minimum absolute atomic E-state index is 0.169. The second kappa shape index (κ2) is 3.09. The first-order chi connectivity index (χ1) is 6.59. The fourth-order valence-corrected chi connectivity index (χ4v) is 1.69. The summed E-state index contributed by atoms with van der Waals surface area (Å²) in [6.45, 7) is 6.66. The van der Waals surface area contributed by atoms with Crippen molar-refractivity contribution in [2.45, 2.75) is 26.2 Å². The molecule has 0 spiro atoms. The van der Waals surface area contributed by atoms with Crippen molar-refractivity contribution in [3.05, 3.63) is 42.1 Å². The van der Waals surface area contributed by atoms with E-state index < -0.39 is 0 Å². The lowest BCUT2D eigenvalue weighted by Gasteiger charge is -2.20. The molecule has 0 aliphatic carbocycles. The predicted molar refractivity (Wildman–Crippen MR) is 59.3 cm³/mol. The molecule has 2 rings (SSSR count). The van der Waals surface area contributed by atoms with Crippen molar-refractivity contribution in [2.24, 2.45) is 0 Å². The lowest BCUT2D eigenvalue weighted by atomic mass is 9.85. The summed E-state index contributed by atoms with van der Waals surface area (Å²) in [6, 6.07) is 11.1. The second-order valence-corrected chi connectivity index (χ2v) is 4.55. The third kappa shape index (κ3) is 1.50. The van der Waals surface area contributed by atoms with E-state index >= 15 is 0 Å². The molecule has 1 heterocycles. The van der Waals surface area contributed by atoms with E-state index in [0.29, 0.717) is 0 Å². The molecule has 2 aromatic rings. The van der Waals surface area contributed by atoms with Crippen LogP contribution in [0.25, 0.3) is 10.9 Å². The third-order valence-corrected chi connectivity index (χ3v) is 2.40. The monoisotopic (exact) mass is 184 g/mol. The smallest absolute Gasteiger partial charge is 0.0711 e. The van der Waals surface area contributed by atoms with Crippen LogP contribution in [0.1, 0.15) is 26.3 Å². The van der Waals surface area contributed by atoms with E-state index in [0.717, 1.165) is 5.52 Å². The molecule has 0 aliphatic heterocycles. The summed E-state index contributed by atoms with van der Waals surface area (Å²) >= 11 is 0. The Morgan fingerprint density at radius 2 is 2.00 bits per heavy atom. The van der Waals surface area contributed by atoms with Gasteiger partial charge >= 0.3 is 0 Å². The van der Waals surface area contributed by atoms with E-state index in [1.807, 2.05) is 18.3 Å². The summed E-state index contributed by atoms with van der Waals surface area (Å²) < 4.78 is 0. The molecule has 0 saturated heterocycles. The molecule has 0 saturated carbocycles. The Hall–Kier alpha value is -1.37. The fourth-order valence-electron chi connectivity index (χ4n) is 1.69. The second-order valence-electron chi connectivity index (χ2n) is 4.55. The van der Waals surface area contributed by atoms with Gasteiger partial charge in [-0.15, -0.1) is 0 Å². The van der Waals surface area contributed by atoms with Crippen molar-refractivity contribution < 1.29 is 0 Å². The number of hydrogen-bond acceptors (Lipinski definition) is 1. The van der Waals surface area contributed by atoms with Crippen LogP contribution in [0.5, 0.6) is 0 Å². The van der Waals surface area contributed by atoms with Gasteiger partial charge in [0, 0.05) is 11.6 Å². The molecule has 1 radical (unpaired) electrons. The molecule has 0 atom stereocenters. The Morgan fingerprint density at radius 3 is 2.71 bits per heavy atom. The Kier molecular flexibility index (Phi) is 2.03. The predicted octanol–water partition coefficient (Wildman–Crippen LogP) is 3.33. The minimum Gasteiger partial charge on any atom is -0.256 e. The highest BCUT2D eigenvalue weighted by molar-refractivity contribution is 5.82. The molecule has 0 N–H and O–H groups in total. The van der Waals surface area contributed by atoms with Gasteiger partial charge < -0.3 is 0 Å². The van der Waals surface area contributed by atoms with Gasteiger partial charge in [-0.1, -0.05) is 32.9 Å². The van der Waals surface area contributed by atoms with Gasteiger partial charge in [0.25, 0.3) is 0 Å². The zero-order valence-corrected chi connectivity index (χ0v) is 8.83. The summed E-state index contributed by atoms with van der Waals surface area (Å²) in [4.78, 5) is 4.32. The normalized spacial score (nSPS) is 11.9. The van der Waals surface area contributed by atoms with Gasteiger partial charge in [-0.25, -0.2) is 0 Å². The van der Waals surface area contributed by atoms with Crippen LogP contribution in [-0.4, -0.2) is 4.98 Å². The summed E-state index contributed by atoms with van der Waals surface area (Å²) in [7, 11) is 0. The molecule has 14 heavy (non-hydrogen) atoms. The summed E-state index contributed by atoms with van der Waals surface area (Å²) in [5.41, 5.74) is 2.54. The topological polar surface area (TPSA) is 12.9 Å². The van der Waals surface area contributed by atoms with Crippen LogP contribution in [0.2, 0.25) is 0 Å². The van der Waals surface area contributed by atoms with Crippen LogP contribution in [0.3, 0.4) is 0 Å². The molecule has 0 unspecified atom stereocenters. The van der Waals surface area contributed by atoms with E-state index in [1.54, 1.807) is 0 Å². The van der Waals surface area contributed by atoms with Crippen molar-refractivity contribution in [1.82, 2.24) is 4.98 Å². The number of fused-ring (bicyclic) bond motifs is 1. The number of hydrogen-bond donors (Lipinski definition) is 0. The minimum atomic E-state index is 0.169. The Bertz CT molecular complexity index is 447. The number of aromatic nitrogens is 1. The Labute approximate surface area is 84.8 Å². The van der Waals surface area contributed by atoms with Crippen LogP contribution >= 0.6 is 0 Å². The number of rotatable bonds is 0. The van der Waals surface area contributed by atoms with Crippen LogP contribution in [-0.2, 0) is 5.41 Å². The SMILES string of the molecule is CC(C)(C)c1ccnc2c[c]ccc12. The van der Waals surface area contributed by atoms with Crippen LogP contribution in [0.15, 0.2) is 30.5 Å². The molecule has 1 aromatic heterocycles. The van der Waals surface area contributed by atoms with E-state index in [9.17, 15) is 0 Å². The zero-order valence-electron chi connectivity index (χ0n) is 8.83. The molecule has 71 valence electrons. The maximum atomic E-state index is 4.32. The molecule has 0 bridgehead atoms. The van der Waals surface area contributed by atoms with Gasteiger partial charge in [-0.2, -0.15) is 0 Å². The molecule has 1 nitrogen and oxygen atoms in total. The standard InChI is InChI=1S/C13H14N/c1-13(2,3)11-8-9-14-12-7-5-4-6-10(11)12/h4,6-9H,1-3H3. The number of nitrogens with zero attached hydrogens (tertiary/aromatic N) is 1. The first-order valence-electron chi connectivity index (χ1n) is 4.84. The van der Waals surface area contributed by atoms with Gasteiger partial charge in [0.15, 0.2) is 0 Å². The van der Waals surface area contributed by atoms with Crippen molar-refractivity contribution in [3.8, 4) is 0 Å². The van der Waals surface area contributed by atoms with E-state index in [-0.39, 0.29) is 5.41 Å². The van der Waals surface area contributed by atoms with Gasteiger partial charge in [-0.3, -0.25) is 4.98 Å². The van der Waals surface area contributed by atoms with Crippen molar-refractivity contribution >= 4 is 10.9 Å². The van der Waals surface area contributed by atoms with Crippen LogP contribution < -0.4 is 0 Å². The lowest BCUT2D eigenvalue weighted by Crippen LogP contribution is -2.11. The summed E-state index contributed by atoms with van der Waals surface area (Å²) in [5, 5.41) is 1.23. The molecule has 1 heteroatoms. The molecule has 0 fully saturated rings. The third-order valence-electron chi connectivity index (χ3n) is 2.40. The molecular weight excluding hydrogens is 170 g/mol. The highest BCUT2D eigenvalue weighted by atomic mass is 14.6. The lowest BCUT2D eigenvalue weighted by molar-refractivity contribution is 0.595. The molecule has 1 aromatic carbocycles. The maximum absolute atomic E-state index is 4.32. The average molecular weight is 184 g/mol. The van der Waals surface area contributed by atoms with Gasteiger partial charge in [-0.05, 0) is 29.2 Å². The maximum Gasteiger partial charge on any atom is 0.0711 e. The number of pyridine rings is 1. The van der Waals surface area contributed by atoms with E-state index in [1.165, 1.54) is 10.9 Å². The Balaban J connectivity index is 2.78. The Morgan fingerprint density at radius 1 is 1.21 bits per heavy atom. The van der Waals surface area contributed by atoms with Gasteiger partial charge in [0.1, 0.15) is 0 Å². The highest BCUT2D eigenvalue weighted by Gasteiger charge is 2.16. The molecular formula is C13H14N. The fraction of sp³-hybridized carbons (Fsp3) is 0.308. The van der Waals surface area contributed by atoms with E-state index in [2.05, 4.69) is 44.0 Å². The molecule has 0 aliphatic rings. The zero-order chi connectivity index (χ0) is 10.2. The van der Waals surface area contributed by atoms with Crippen molar-refractivity contribution in [2.75, 3.05) is 0 Å².